The number of nitrogens with one attached hydrogen (secondary N) is 1. The third-order valence-corrected chi connectivity index (χ3v) is 9.66. The van der Waals surface area contributed by atoms with Gasteiger partial charge in [-0.25, -0.2) is 8.70 Å². The minimum absolute atomic E-state index is 0.00753. The van der Waals surface area contributed by atoms with E-state index >= 15 is 0 Å². The van der Waals surface area contributed by atoms with Gasteiger partial charge in [0.2, 0.25) is 11.8 Å². The van der Waals surface area contributed by atoms with Crippen LogP contribution in [0.4, 0.5) is 10.1 Å². The van der Waals surface area contributed by atoms with Crippen molar-refractivity contribution in [1.82, 2.24) is 14.5 Å². The summed E-state index contributed by atoms with van der Waals surface area (Å²) in [5.41, 5.74) is 1.70. The Hall–Kier alpha value is -3.96. The van der Waals surface area contributed by atoms with Crippen LogP contribution in [0.2, 0.25) is 0 Å². The smallest absolute Gasteiger partial charge is 0.304 e. The third kappa shape index (κ3) is 8.57. The number of nitrogens with zero attached hydrogens (tertiary/aromatic N) is 3. The van der Waals surface area contributed by atoms with Crippen molar-refractivity contribution >= 4 is 27.7 Å². The summed E-state index contributed by atoms with van der Waals surface area (Å²) in [5.74, 6) is -0.823. The van der Waals surface area contributed by atoms with Crippen LogP contribution in [-0.4, -0.2) is 69.3 Å². The number of carbonyl (C=O) groups excluding carboxylic acids is 2. The Labute approximate surface area is 259 Å². The van der Waals surface area contributed by atoms with Gasteiger partial charge < -0.3 is 15.0 Å². The highest BCUT2D eigenvalue weighted by molar-refractivity contribution is 7.90. The highest BCUT2D eigenvalue weighted by atomic mass is 32.2. The quantitative estimate of drug-likeness (QED) is 0.301. The number of rotatable bonds is 13. The van der Waals surface area contributed by atoms with Crippen molar-refractivity contribution in [2.45, 2.75) is 57.2 Å². The van der Waals surface area contributed by atoms with E-state index in [1.54, 1.807) is 25.3 Å². The van der Waals surface area contributed by atoms with Crippen LogP contribution in [0.1, 0.15) is 43.2 Å². The molecular weight excluding hydrogens is 583 g/mol. The van der Waals surface area contributed by atoms with E-state index in [4.69, 9.17) is 4.74 Å². The van der Waals surface area contributed by atoms with Crippen molar-refractivity contribution in [3.8, 4) is 5.75 Å². The summed E-state index contributed by atoms with van der Waals surface area (Å²) in [7, 11) is 0.100. The molecule has 0 heterocycles. The van der Waals surface area contributed by atoms with Gasteiger partial charge in [0.1, 0.15) is 24.2 Å². The zero-order chi connectivity index (χ0) is 31.7. The first kappa shape index (κ1) is 32.9. The third-order valence-electron chi connectivity index (χ3n) is 7.84. The van der Waals surface area contributed by atoms with E-state index in [1.807, 2.05) is 36.4 Å². The van der Waals surface area contributed by atoms with E-state index in [2.05, 4.69) is 5.32 Å². The molecule has 9 nitrogen and oxygen atoms in total. The second-order valence-electron chi connectivity index (χ2n) is 11.2. The van der Waals surface area contributed by atoms with Crippen molar-refractivity contribution in [3.05, 3.63) is 95.8 Å². The molecule has 0 aliphatic heterocycles. The molecule has 1 aliphatic rings. The lowest BCUT2D eigenvalue weighted by Gasteiger charge is -2.35. The molecule has 1 fully saturated rings. The molecule has 0 bridgehead atoms. The lowest BCUT2D eigenvalue weighted by atomic mass is 9.94. The fourth-order valence-corrected chi connectivity index (χ4v) is 6.45. The molecule has 4 rings (SSSR count). The van der Waals surface area contributed by atoms with Gasteiger partial charge in [-0.15, -0.1) is 0 Å². The van der Waals surface area contributed by atoms with Crippen molar-refractivity contribution < 1.29 is 27.1 Å². The molecule has 2 amide bonds. The first-order valence-corrected chi connectivity index (χ1v) is 16.2. The number of methoxy groups -OCH3 is 1. The Kier molecular flexibility index (Phi) is 11.4. The van der Waals surface area contributed by atoms with Gasteiger partial charge in [0.25, 0.3) is 0 Å². The number of hydrogen-bond acceptors (Lipinski definition) is 5. The molecular formula is C33H41FN4O5S. The van der Waals surface area contributed by atoms with Gasteiger partial charge in [-0.05, 0) is 60.4 Å². The van der Waals surface area contributed by atoms with E-state index in [-0.39, 0.29) is 30.6 Å². The summed E-state index contributed by atoms with van der Waals surface area (Å²) >= 11 is 0. The van der Waals surface area contributed by atoms with Crippen LogP contribution in [0.25, 0.3) is 0 Å². The van der Waals surface area contributed by atoms with Crippen molar-refractivity contribution in [3.63, 3.8) is 0 Å². The first-order chi connectivity index (χ1) is 21.1. The minimum atomic E-state index is -4.17. The van der Waals surface area contributed by atoms with E-state index < -0.39 is 34.5 Å². The van der Waals surface area contributed by atoms with Gasteiger partial charge >= 0.3 is 10.2 Å². The van der Waals surface area contributed by atoms with Crippen molar-refractivity contribution in [2.24, 2.45) is 0 Å². The number of halogens is 1. The second-order valence-corrected chi connectivity index (χ2v) is 13.3. The summed E-state index contributed by atoms with van der Waals surface area (Å²) < 4.78 is 48.0. The second kappa shape index (κ2) is 15.2. The van der Waals surface area contributed by atoms with Gasteiger partial charge in [-0.2, -0.15) is 12.7 Å². The van der Waals surface area contributed by atoms with Crippen molar-refractivity contribution in [2.75, 3.05) is 32.1 Å². The predicted molar refractivity (Wildman–Crippen MR) is 169 cm³/mol. The van der Waals surface area contributed by atoms with Crippen LogP contribution in [0, 0.1) is 5.82 Å². The average Bonchev–Trinajstić information content (AvgIpc) is 3.03. The summed E-state index contributed by atoms with van der Waals surface area (Å²) in [6.45, 7) is -0.566. The number of hydrogen-bond donors (Lipinski definition) is 1. The van der Waals surface area contributed by atoms with Gasteiger partial charge in [0.15, 0.2) is 0 Å². The summed E-state index contributed by atoms with van der Waals surface area (Å²) in [5, 5.41) is 3.18. The highest BCUT2D eigenvalue weighted by Crippen LogP contribution is 2.24. The van der Waals surface area contributed by atoms with Crippen LogP contribution in [0.15, 0.2) is 78.9 Å². The maximum atomic E-state index is 14.4. The standard InChI is InChI=1S/C33H41FN4O5S/c1-36(2)44(41,42)38(29-19-17-27(34)18-20-29)24-32(39)37(23-26-13-10-16-30(21-26)43-3)31(22-25-11-6-4-7-12-25)33(40)35-28-14-8-5-9-15-28/h4,6-7,10-13,16-21,28,31H,5,8-9,14-15,22-24H2,1-3H3,(H,35,40)/t31-/m0/s1. The number of carbonyl (C=O) groups is 2. The molecule has 0 aromatic heterocycles. The molecule has 1 N–H and O–H groups in total. The number of amides is 2. The SMILES string of the molecule is COc1cccc(CN(C(=O)CN(c2ccc(F)cc2)S(=O)(=O)N(C)C)[C@@H](Cc2ccccc2)C(=O)NC2CCCCC2)c1. The normalized spacial score (nSPS) is 14.6. The zero-order valence-corrected chi connectivity index (χ0v) is 26.3. The van der Waals surface area contributed by atoms with E-state index in [1.165, 1.54) is 31.1 Å². The molecule has 1 saturated carbocycles. The molecule has 236 valence electrons. The molecule has 0 spiro atoms. The topological polar surface area (TPSA) is 99.3 Å². The van der Waals surface area contributed by atoms with Crippen LogP contribution in [0.3, 0.4) is 0 Å². The Morgan fingerprint density at radius 3 is 2.23 bits per heavy atom. The van der Waals surface area contributed by atoms with Crippen LogP contribution in [0.5, 0.6) is 5.75 Å². The minimum Gasteiger partial charge on any atom is -0.497 e. The summed E-state index contributed by atoms with van der Waals surface area (Å²) in [6, 6.07) is 20.6. The fourth-order valence-electron chi connectivity index (χ4n) is 5.39. The van der Waals surface area contributed by atoms with E-state index in [0.29, 0.717) is 11.3 Å². The molecule has 44 heavy (non-hydrogen) atoms. The summed E-state index contributed by atoms with van der Waals surface area (Å²) in [4.78, 5) is 29.9. The fraction of sp³-hybridized carbons (Fsp3) is 0.394. The summed E-state index contributed by atoms with van der Waals surface area (Å²) in [6.07, 6.45) is 5.14. The van der Waals surface area contributed by atoms with Gasteiger partial charge in [0, 0.05) is 33.1 Å². The molecule has 1 aliphatic carbocycles. The van der Waals surface area contributed by atoms with Crippen LogP contribution >= 0.6 is 0 Å². The number of ether oxygens (including phenoxy) is 1. The van der Waals surface area contributed by atoms with Crippen LogP contribution < -0.4 is 14.4 Å². The Morgan fingerprint density at radius 1 is 0.932 bits per heavy atom. The van der Waals surface area contributed by atoms with Gasteiger partial charge in [-0.1, -0.05) is 61.7 Å². The lowest BCUT2D eigenvalue weighted by molar-refractivity contribution is -0.140. The Balaban J connectivity index is 1.76. The lowest BCUT2D eigenvalue weighted by Crippen LogP contribution is -2.55. The molecule has 1 atom stereocenters. The Morgan fingerprint density at radius 2 is 1.59 bits per heavy atom. The van der Waals surface area contributed by atoms with Gasteiger partial charge in [0.05, 0.1) is 12.8 Å². The van der Waals surface area contributed by atoms with Crippen molar-refractivity contribution in [1.29, 1.82) is 0 Å². The van der Waals surface area contributed by atoms with Gasteiger partial charge in [-0.3, -0.25) is 9.59 Å². The molecule has 0 unspecified atom stereocenters. The van der Waals surface area contributed by atoms with E-state index in [0.717, 1.165) is 58.4 Å². The van der Waals surface area contributed by atoms with E-state index in [9.17, 15) is 22.4 Å². The molecule has 3 aromatic carbocycles. The first-order valence-electron chi connectivity index (χ1n) is 14.8. The average molecular weight is 625 g/mol. The zero-order valence-electron chi connectivity index (χ0n) is 25.5. The number of benzene rings is 3. The predicted octanol–water partition coefficient (Wildman–Crippen LogP) is 4.54. The molecule has 11 heteroatoms. The maximum Gasteiger partial charge on any atom is 0.304 e. The maximum absolute atomic E-state index is 14.4. The number of anilines is 1. The molecule has 0 saturated heterocycles. The highest BCUT2D eigenvalue weighted by Gasteiger charge is 2.35. The molecule has 3 aromatic rings. The largest absolute Gasteiger partial charge is 0.497 e. The molecule has 0 radical (unpaired) electrons. The Bertz CT molecular complexity index is 1500. The van der Waals surface area contributed by atoms with Crippen LogP contribution in [-0.2, 0) is 32.8 Å². The monoisotopic (exact) mass is 624 g/mol.